The molecule has 4 amide bonds. The van der Waals surface area contributed by atoms with E-state index >= 15 is 0 Å². The van der Waals surface area contributed by atoms with Gasteiger partial charge in [-0.15, -0.1) is 0 Å². The third-order valence-corrected chi connectivity index (χ3v) is 5.42. The highest BCUT2D eigenvalue weighted by Gasteiger charge is 2.39. The lowest BCUT2D eigenvalue weighted by Gasteiger charge is -2.27. The summed E-state index contributed by atoms with van der Waals surface area (Å²) < 4.78 is 85.7. The molecular formula is C26H28F6N4O6. The molecule has 0 saturated carbocycles. The van der Waals surface area contributed by atoms with Crippen LogP contribution in [0.25, 0.3) is 0 Å². The van der Waals surface area contributed by atoms with Gasteiger partial charge in [-0.25, -0.2) is 9.59 Å². The summed E-state index contributed by atoms with van der Waals surface area (Å²) in [7, 11) is 0. The van der Waals surface area contributed by atoms with Crippen molar-refractivity contribution in [3.05, 3.63) is 71.8 Å². The van der Waals surface area contributed by atoms with Crippen LogP contribution in [0, 0.1) is 0 Å². The summed E-state index contributed by atoms with van der Waals surface area (Å²) in [4.78, 5) is 49.6. The van der Waals surface area contributed by atoms with E-state index in [2.05, 4.69) is 0 Å². The van der Waals surface area contributed by atoms with Crippen molar-refractivity contribution in [1.29, 1.82) is 0 Å². The van der Waals surface area contributed by atoms with Crippen LogP contribution in [-0.2, 0) is 32.3 Å². The quantitative estimate of drug-likeness (QED) is 0.337. The number of ether oxygens (including phenoxy) is 2. The van der Waals surface area contributed by atoms with E-state index in [1.54, 1.807) is 71.3 Å². The lowest BCUT2D eigenvalue weighted by atomic mass is 10.2. The maximum absolute atomic E-state index is 12.7. The highest BCUT2D eigenvalue weighted by Crippen LogP contribution is 2.15. The predicted molar refractivity (Wildman–Crippen MR) is 135 cm³/mol. The van der Waals surface area contributed by atoms with E-state index in [4.69, 9.17) is 9.47 Å². The third kappa shape index (κ3) is 12.3. The van der Waals surface area contributed by atoms with Gasteiger partial charge in [0.15, 0.2) is 0 Å². The minimum Gasteiger partial charge on any atom is -0.445 e. The molecule has 2 aromatic carbocycles. The Labute approximate surface area is 236 Å². The molecule has 0 unspecified atom stereocenters. The molecule has 230 valence electrons. The Hall–Kier alpha value is -4.50. The first-order chi connectivity index (χ1) is 19.8. The van der Waals surface area contributed by atoms with Crippen LogP contribution in [0.5, 0.6) is 0 Å². The topological polar surface area (TPSA) is 117 Å². The van der Waals surface area contributed by atoms with Crippen molar-refractivity contribution < 1.29 is 55.0 Å². The van der Waals surface area contributed by atoms with Crippen molar-refractivity contribution >= 4 is 24.0 Å². The molecule has 0 atom stereocenters. The fraction of sp³-hybridized carbons (Fsp3) is 0.385. The number of carbonyl (C=O) groups excluding carboxylic acids is 4. The van der Waals surface area contributed by atoms with E-state index in [0.717, 1.165) is 9.80 Å². The van der Waals surface area contributed by atoms with Gasteiger partial charge in [-0.1, -0.05) is 60.7 Å². The molecule has 0 aliphatic heterocycles. The van der Waals surface area contributed by atoms with Gasteiger partial charge in [-0.2, -0.15) is 26.3 Å². The summed E-state index contributed by atoms with van der Waals surface area (Å²) in [6.07, 6.45) is -12.3. The first-order valence-corrected chi connectivity index (χ1v) is 12.4. The van der Waals surface area contributed by atoms with E-state index in [0.29, 0.717) is 11.1 Å². The highest BCUT2D eigenvalue weighted by atomic mass is 19.4. The van der Waals surface area contributed by atoms with Crippen LogP contribution in [0.4, 0.5) is 35.9 Å². The maximum Gasteiger partial charge on any atom is 0.471 e. The molecule has 2 rings (SSSR count). The molecule has 2 N–H and O–H groups in total. The van der Waals surface area contributed by atoms with Crippen LogP contribution in [-0.4, -0.2) is 85.4 Å². The third-order valence-electron chi connectivity index (χ3n) is 5.42. The minimum atomic E-state index is -5.15. The maximum atomic E-state index is 12.7. The molecule has 16 heteroatoms. The Kier molecular flexibility index (Phi) is 12.9. The molecule has 0 aliphatic carbocycles. The lowest BCUT2D eigenvalue weighted by molar-refractivity contribution is -0.173. The predicted octanol–water partition coefficient (Wildman–Crippen LogP) is 3.62. The molecule has 0 fully saturated rings. The normalized spacial score (nSPS) is 11.3. The summed E-state index contributed by atoms with van der Waals surface area (Å²) >= 11 is 0. The van der Waals surface area contributed by atoms with Crippen LogP contribution in [0.3, 0.4) is 0 Å². The van der Waals surface area contributed by atoms with E-state index in [-0.39, 0.29) is 26.3 Å². The van der Waals surface area contributed by atoms with Crippen molar-refractivity contribution in [3.8, 4) is 0 Å². The Balaban J connectivity index is 2.09. The number of hydrogen-bond acceptors (Lipinski definition) is 6. The van der Waals surface area contributed by atoms with Crippen LogP contribution in [0.2, 0.25) is 0 Å². The summed E-state index contributed by atoms with van der Waals surface area (Å²) in [5.41, 5.74) is 1.20. The standard InChI is InChI=1S/C26H28F6N4O6/c27-25(28,29)21(37)33-11-13-35(23(39)41-17-19-7-3-1-4-8-19)15-16-36(14-12-34-22(38)26(30,31)32)24(40)42-18-20-9-5-2-6-10-20/h1-10H,11-18H2,(H,33,37)(H,34,38). The summed E-state index contributed by atoms with van der Waals surface area (Å²) in [6, 6.07) is 16.8. The Bertz CT molecular complexity index is 1070. The number of nitrogens with one attached hydrogen (secondary N) is 2. The molecule has 0 aliphatic rings. The average molecular weight is 607 g/mol. The molecule has 0 saturated heterocycles. The van der Waals surface area contributed by atoms with E-state index in [9.17, 15) is 45.5 Å². The van der Waals surface area contributed by atoms with Gasteiger partial charge in [0.05, 0.1) is 0 Å². The van der Waals surface area contributed by atoms with Crippen LogP contribution in [0.15, 0.2) is 60.7 Å². The second kappa shape index (κ2) is 16.1. The fourth-order valence-corrected chi connectivity index (χ4v) is 3.26. The number of benzene rings is 2. The zero-order valence-electron chi connectivity index (χ0n) is 22.0. The molecule has 0 bridgehead atoms. The molecule has 0 radical (unpaired) electrons. The lowest BCUT2D eigenvalue weighted by Crippen LogP contribution is -2.47. The monoisotopic (exact) mass is 606 g/mol. The van der Waals surface area contributed by atoms with Crippen LogP contribution >= 0.6 is 0 Å². The first-order valence-electron chi connectivity index (χ1n) is 12.4. The number of hydrogen-bond donors (Lipinski definition) is 2. The van der Waals surface area contributed by atoms with Crippen molar-refractivity contribution in [3.63, 3.8) is 0 Å². The molecule has 0 spiro atoms. The van der Waals surface area contributed by atoms with Crippen molar-refractivity contribution in [1.82, 2.24) is 20.4 Å². The van der Waals surface area contributed by atoms with E-state index in [1.165, 1.54) is 0 Å². The van der Waals surface area contributed by atoms with Gasteiger partial charge >= 0.3 is 36.4 Å². The summed E-state index contributed by atoms with van der Waals surface area (Å²) in [5.74, 6) is -4.46. The molecule has 0 aromatic heterocycles. The van der Waals surface area contributed by atoms with Crippen LogP contribution < -0.4 is 10.6 Å². The second-order valence-electron chi connectivity index (χ2n) is 8.56. The van der Waals surface area contributed by atoms with Gasteiger partial charge in [0.2, 0.25) is 0 Å². The number of rotatable bonds is 13. The summed E-state index contributed by atoms with van der Waals surface area (Å²) in [5, 5.41) is 3.24. The number of halogens is 6. The highest BCUT2D eigenvalue weighted by molar-refractivity contribution is 5.82. The Morgan fingerprint density at radius 1 is 0.571 bits per heavy atom. The number of amides is 4. The number of alkyl halides is 6. The number of carbonyl (C=O) groups is 4. The second-order valence-corrected chi connectivity index (χ2v) is 8.56. The van der Waals surface area contributed by atoms with E-state index < -0.39 is 62.5 Å². The molecule has 2 aromatic rings. The fourth-order valence-electron chi connectivity index (χ4n) is 3.26. The van der Waals surface area contributed by atoms with Gasteiger partial charge < -0.3 is 29.9 Å². The van der Waals surface area contributed by atoms with Crippen molar-refractivity contribution in [2.24, 2.45) is 0 Å². The number of nitrogens with zero attached hydrogens (tertiary/aromatic N) is 2. The van der Waals surface area contributed by atoms with Gasteiger partial charge in [0.25, 0.3) is 0 Å². The molecule has 0 heterocycles. The zero-order valence-corrected chi connectivity index (χ0v) is 22.0. The van der Waals surface area contributed by atoms with Gasteiger partial charge in [0, 0.05) is 39.3 Å². The minimum absolute atomic E-state index is 0.197. The smallest absolute Gasteiger partial charge is 0.445 e. The molecular weight excluding hydrogens is 578 g/mol. The summed E-state index contributed by atoms with van der Waals surface area (Å²) in [6.45, 7) is -3.32. The SMILES string of the molecule is O=C(OCc1ccccc1)N(CCNC(=O)C(F)(F)F)CCN(CCNC(=O)C(F)(F)F)C(=O)OCc1ccccc1. The van der Waals surface area contributed by atoms with Gasteiger partial charge in [0.1, 0.15) is 13.2 Å². The van der Waals surface area contributed by atoms with E-state index in [1.807, 2.05) is 0 Å². The largest absolute Gasteiger partial charge is 0.471 e. The average Bonchev–Trinajstić information content (AvgIpc) is 2.95. The molecule has 10 nitrogen and oxygen atoms in total. The van der Waals surface area contributed by atoms with Gasteiger partial charge in [-0.3, -0.25) is 9.59 Å². The Morgan fingerprint density at radius 3 is 1.21 bits per heavy atom. The Morgan fingerprint density at radius 2 is 0.905 bits per heavy atom. The van der Waals surface area contributed by atoms with Crippen LogP contribution in [0.1, 0.15) is 11.1 Å². The zero-order chi connectivity index (χ0) is 31.2. The van der Waals surface area contributed by atoms with Crippen molar-refractivity contribution in [2.45, 2.75) is 25.6 Å². The molecule has 42 heavy (non-hydrogen) atoms. The van der Waals surface area contributed by atoms with Gasteiger partial charge in [-0.05, 0) is 11.1 Å². The van der Waals surface area contributed by atoms with Crippen molar-refractivity contribution in [2.75, 3.05) is 39.3 Å². The first kappa shape index (κ1) is 33.7.